The van der Waals surface area contributed by atoms with Gasteiger partial charge in [-0.15, -0.1) is 0 Å². The van der Waals surface area contributed by atoms with Gasteiger partial charge in [0.25, 0.3) is 15.9 Å². The lowest BCUT2D eigenvalue weighted by Crippen LogP contribution is -2.29. The summed E-state index contributed by atoms with van der Waals surface area (Å²) in [6.45, 7) is 0.163. The first-order valence-corrected chi connectivity index (χ1v) is 16.0. The van der Waals surface area contributed by atoms with Gasteiger partial charge in [-0.3, -0.25) is 13.8 Å². The first kappa shape index (κ1) is 27.9. The quantitative estimate of drug-likeness (QED) is 0.225. The van der Waals surface area contributed by atoms with Crippen molar-refractivity contribution in [2.45, 2.75) is 11.4 Å². The Balaban J connectivity index is 1.27. The average Bonchev–Trinajstić information content (AvgIpc) is 2.96. The topological polar surface area (TPSA) is 113 Å². The highest BCUT2D eigenvalue weighted by Crippen LogP contribution is 2.26. The van der Waals surface area contributed by atoms with Gasteiger partial charge in [0, 0.05) is 16.6 Å². The van der Waals surface area contributed by atoms with Gasteiger partial charge < -0.3 is 5.32 Å². The minimum absolute atomic E-state index is 0.0482. The lowest BCUT2D eigenvalue weighted by Gasteiger charge is -2.22. The highest BCUT2D eigenvalue weighted by molar-refractivity contribution is 7.92. The van der Waals surface area contributed by atoms with E-state index in [0.717, 1.165) is 22.6 Å². The molecule has 0 bridgehead atoms. The second-order valence-corrected chi connectivity index (χ2v) is 13.0. The number of hydrogen-bond acceptors (Lipinski definition) is 5. The fourth-order valence-electron chi connectivity index (χ4n) is 4.37. The summed E-state index contributed by atoms with van der Waals surface area (Å²) in [7, 11) is -7.43. The highest BCUT2D eigenvalue weighted by atomic mass is 32.2. The van der Waals surface area contributed by atoms with Crippen molar-refractivity contribution in [1.29, 1.82) is 0 Å². The van der Waals surface area contributed by atoms with Gasteiger partial charge in [0.05, 0.1) is 29.1 Å². The Morgan fingerprint density at radius 3 is 2.02 bits per heavy atom. The van der Waals surface area contributed by atoms with Crippen molar-refractivity contribution in [3.63, 3.8) is 0 Å². The molecule has 5 aromatic carbocycles. The predicted octanol–water partition coefficient (Wildman–Crippen LogP) is 5.86. The summed E-state index contributed by atoms with van der Waals surface area (Å²) in [4.78, 5) is 12.9. The van der Waals surface area contributed by atoms with E-state index in [-0.39, 0.29) is 11.4 Å². The van der Waals surface area contributed by atoms with E-state index in [1.807, 2.05) is 60.7 Å². The van der Waals surface area contributed by atoms with Crippen LogP contribution in [0.1, 0.15) is 15.9 Å². The van der Waals surface area contributed by atoms with Crippen LogP contribution in [-0.4, -0.2) is 29.0 Å². The largest absolute Gasteiger partial charge is 0.322 e. The minimum Gasteiger partial charge on any atom is -0.322 e. The van der Waals surface area contributed by atoms with Gasteiger partial charge >= 0.3 is 0 Å². The molecule has 0 aliphatic carbocycles. The molecule has 10 heteroatoms. The second-order valence-electron chi connectivity index (χ2n) is 9.41. The molecular weight excluding hydrogens is 558 g/mol. The van der Waals surface area contributed by atoms with Gasteiger partial charge in [0.15, 0.2) is 0 Å². The number of sulfonamides is 2. The van der Waals surface area contributed by atoms with Crippen molar-refractivity contribution in [1.82, 2.24) is 0 Å². The van der Waals surface area contributed by atoms with E-state index < -0.39 is 26.0 Å². The van der Waals surface area contributed by atoms with Crippen LogP contribution >= 0.6 is 0 Å². The number of nitrogens with zero attached hydrogens (tertiary/aromatic N) is 1. The first-order chi connectivity index (χ1) is 19.6. The minimum atomic E-state index is -3.87. The van der Waals surface area contributed by atoms with Crippen LogP contribution in [0.5, 0.6) is 0 Å². The second kappa shape index (κ2) is 11.4. The summed E-state index contributed by atoms with van der Waals surface area (Å²) in [5.41, 5.74) is 2.46. The van der Waals surface area contributed by atoms with Crippen LogP contribution in [0.15, 0.2) is 126 Å². The molecule has 0 saturated carbocycles. The fourth-order valence-corrected chi connectivity index (χ4v) is 6.34. The molecular formula is C31H27N3O5S2. The number of rotatable bonds is 9. The van der Waals surface area contributed by atoms with Crippen LogP contribution < -0.4 is 14.3 Å². The van der Waals surface area contributed by atoms with Crippen molar-refractivity contribution < 1.29 is 21.6 Å². The number of anilines is 3. The van der Waals surface area contributed by atoms with E-state index in [1.54, 1.807) is 36.4 Å². The molecule has 41 heavy (non-hydrogen) atoms. The number of fused-ring (bicyclic) bond motifs is 1. The van der Waals surface area contributed by atoms with Gasteiger partial charge in [-0.05, 0) is 65.5 Å². The van der Waals surface area contributed by atoms with Crippen LogP contribution in [0.4, 0.5) is 17.1 Å². The summed E-state index contributed by atoms with van der Waals surface area (Å²) in [6.07, 6.45) is 1.14. The summed E-state index contributed by atoms with van der Waals surface area (Å²) >= 11 is 0. The van der Waals surface area contributed by atoms with Crippen LogP contribution in [-0.2, 0) is 26.6 Å². The van der Waals surface area contributed by atoms with E-state index in [0.29, 0.717) is 22.6 Å². The zero-order chi connectivity index (χ0) is 29.0. The average molecular weight is 586 g/mol. The van der Waals surface area contributed by atoms with Crippen LogP contribution in [0.2, 0.25) is 0 Å². The Morgan fingerprint density at radius 2 is 1.34 bits per heavy atom. The predicted molar refractivity (Wildman–Crippen MR) is 163 cm³/mol. The smallest absolute Gasteiger partial charge is 0.261 e. The summed E-state index contributed by atoms with van der Waals surface area (Å²) in [6, 6.07) is 34.2. The molecule has 5 aromatic rings. The zero-order valence-corrected chi connectivity index (χ0v) is 23.7. The number of carbonyl (C=O) groups excluding carboxylic acids is 1. The molecule has 0 radical (unpaired) electrons. The van der Waals surface area contributed by atoms with Crippen LogP contribution in [0.3, 0.4) is 0 Å². The standard InChI is InChI=1S/C31H27N3O5S2/c1-40(36,37)34(22-23-8-3-2-4-9-23)27-18-14-25(15-19-27)31(35)32-26-16-20-28(21-17-26)41(38,39)33-30-13-7-11-24-10-5-6-12-29(24)30/h2-21,33H,22H2,1H3,(H,32,35). The molecule has 8 nitrogen and oxygen atoms in total. The molecule has 1 amide bonds. The van der Waals surface area contributed by atoms with Crippen molar-refractivity contribution >= 4 is 53.8 Å². The van der Waals surface area contributed by atoms with Crippen molar-refractivity contribution in [3.8, 4) is 0 Å². The number of nitrogens with one attached hydrogen (secondary N) is 2. The molecule has 0 aromatic heterocycles. The molecule has 0 atom stereocenters. The summed E-state index contributed by atoms with van der Waals surface area (Å²) < 4.78 is 54.9. The molecule has 0 aliphatic rings. The summed E-state index contributed by atoms with van der Waals surface area (Å²) in [5, 5.41) is 4.44. The molecule has 2 N–H and O–H groups in total. The number of carbonyl (C=O) groups is 1. The lowest BCUT2D eigenvalue weighted by molar-refractivity contribution is 0.102. The molecule has 0 aliphatic heterocycles. The van der Waals surface area contributed by atoms with Gasteiger partial charge in [0.1, 0.15) is 0 Å². The van der Waals surface area contributed by atoms with Crippen molar-refractivity contribution in [2.24, 2.45) is 0 Å². The summed E-state index contributed by atoms with van der Waals surface area (Å²) in [5.74, 6) is -0.421. The Labute approximate surface area is 239 Å². The number of benzene rings is 5. The molecule has 5 rings (SSSR count). The van der Waals surface area contributed by atoms with E-state index in [9.17, 15) is 21.6 Å². The fraction of sp³-hybridized carbons (Fsp3) is 0.0645. The molecule has 0 heterocycles. The van der Waals surface area contributed by atoms with Gasteiger partial charge in [-0.2, -0.15) is 0 Å². The monoisotopic (exact) mass is 585 g/mol. The third kappa shape index (κ3) is 6.56. The molecule has 0 saturated heterocycles. The normalized spacial score (nSPS) is 11.6. The Morgan fingerprint density at radius 1 is 0.707 bits per heavy atom. The third-order valence-corrected chi connectivity index (χ3v) is 8.97. The third-order valence-electron chi connectivity index (χ3n) is 6.44. The molecule has 0 spiro atoms. The maximum Gasteiger partial charge on any atom is 0.261 e. The Hall–Kier alpha value is -4.67. The van der Waals surface area contributed by atoms with E-state index in [1.165, 1.54) is 28.6 Å². The maximum absolute atomic E-state index is 13.0. The van der Waals surface area contributed by atoms with Gasteiger partial charge in [-0.25, -0.2) is 16.8 Å². The Kier molecular flexibility index (Phi) is 7.78. The highest BCUT2D eigenvalue weighted by Gasteiger charge is 2.19. The zero-order valence-electron chi connectivity index (χ0n) is 22.1. The SMILES string of the molecule is CS(=O)(=O)N(Cc1ccccc1)c1ccc(C(=O)Nc2ccc(S(=O)(=O)Nc3cccc4ccccc34)cc2)cc1. The molecule has 208 valence electrons. The van der Waals surface area contributed by atoms with Crippen molar-refractivity contribution in [3.05, 3.63) is 132 Å². The molecule has 0 fully saturated rings. The van der Waals surface area contributed by atoms with Crippen LogP contribution in [0, 0.1) is 0 Å². The van der Waals surface area contributed by atoms with Crippen molar-refractivity contribution in [2.75, 3.05) is 20.6 Å². The van der Waals surface area contributed by atoms with E-state index in [4.69, 9.17) is 0 Å². The van der Waals surface area contributed by atoms with Gasteiger partial charge in [0.2, 0.25) is 10.0 Å². The lowest BCUT2D eigenvalue weighted by atomic mass is 10.1. The Bertz CT molecular complexity index is 1900. The number of amides is 1. The van der Waals surface area contributed by atoms with Crippen LogP contribution in [0.25, 0.3) is 10.8 Å². The first-order valence-electron chi connectivity index (χ1n) is 12.6. The maximum atomic E-state index is 13.0. The number of hydrogen-bond donors (Lipinski definition) is 2. The van der Waals surface area contributed by atoms with E-state index >= 15 is 0 Å². The molecule has 0 unspecified atom stereocenters. The van der Waals surface area contributed by atoms with E-state index in [2.05, 4.69) is 10.0 Å². The van der Waals surface area contributed by atoms with Gasteiger partial charge in [-0.1, -0.05) is 66.7 Å².